The van der Waals surface area contributed by atoms with Gasteiger partial charge in [0.15, 0.2) is 0 Å². The highest BCUT2D eigenvalue weighted by Crippen LogP contribution is 2.35. The maximum atomic E-state index is 10.7. The quantitative estimate of drug-likeness (QED) is 0.261. The summed E-state index contributed by atoms with van der Waals surface area (Å²) in [4.78, 5) is 27.5. The largest absolute Gasteiger partial charge is 0.469 e. The van der Waals surface area contributed by atoms with Crippen LogP contribution in [0.2, 0.25) is 0 Å². The molecule has 0 saturated heterocycles. The molecule has 0 atom stereocenters. The zero-order valence-corrected chi connectivity index (χ0v) is 11.3. The highest BCUT2D eigenvalue weighted by molar-refractivity contribution is 7.46. The third kappa shape index (κ3) is 13.4. The second kappa shape index (κ2) is 10.3. The summed E-state index contributed by atoms with van der Waals surface area (Å²) in [6.45, 7) is 3.79. The van der Waals surface area contributed by atoms with Crippen molar-refractivity contribution in [2.45, 2.75) is 38.5 Å². The molecule has 0 aromatic carbocycles. The van der Waals surface area contributed by atoms with Crippen molar-refractivity contribution in [3.8, 4) is 0 Å². The Hall–Kier alpha value is -0.680. The highest BCUT2D eigenvalue weighted by atomic mass is 31.2. The van der Waals surface area contributed by atoms with Gasteiger partial charge in [0, 0.05) is 6.08 Å². The Morgan fingerprint density at radius 1 is 1.06 bits per heavy atom. The molecule has 0 bridgehead atoms. The van der Waals surface area contributed by atoms with Gasteiger partial charge >= 0.3 is 13.8 Å². The number of rotatable bonds is 11. The van der Waals surface area contributed by atoms with Crippen molar-refractivity contribution in [1.29, 1.82) is 0 Å². The van der Waals surface area contributed by atoms with E-state index in [0.717, 1.165) is 38.2 Å². The van der Waals surface area contributed by atoms with Gasteiger partial charge in [0.25, 0.3) is 0 Å². The van der Waals surface area contributed by atoms with Gasteiger partial charge in [-0.25, -0.2) is 9.36 Å². The molecule has 7 heteroatoms. The molecule has 0 saturated carbocycles. The summed E-state index contributed by atoms with van der Waals surface area (Å²) in [5.41, 5.74) is 0. The second-order valence-electron chi connectivity index (χ2n) is 3.82. The van der Waals surface area contributed by atoms with Gasteiger partial charge in [-0.1, -0.05) is 32.3 Å². The summed E-state index contributed by atoms with van der Waals surface area (Å²) >= 11 is 0. The van der Waals surface area contributed by atoms with E-state index in [1.165, 1.54) is 0 Å². The summed E-state index contributed by atoms with van der Waals surface area (Å²) in [6, 6.07) is 0. The Kier molecular flexibility index (Phi) is 9.87. The fourth-order valence-electron chi connectivity index (χ4n) is 1.33. The molecule has 0 fully saturated rings. The maximum Gasteiger partial charge on any atom is 0.469 e. The van der Waals surface area contributed by atoms with Gasteiger partial charge in [0.1, 0.15) is 0 Å². The molecule has 0 aliphatic rings. The molecule has 0 spiro atoms. The fraction of sp³-hybridized carbons (Fsp3) is 0.727. The van der Waals surface area contributed by atoms with E-state index in [-0.39, 0.29) is 6.61 Å². The van der Waals surface area contributed by atoms with Crippen LogP contribution in [-0.2, 0) is 18.6 Å². The van der Waals surface area contributed by atoms with Crippen molar-refractivity contribution in [3.05, 3.63) is 12.7 Å². The Labute approximate surface area is 107 Å². The van der Waals surface area contributed by atoms with Crippen LogP contribution in [0, 0.1) is 0 Å². The Morgan fingerprint density at radius 2 is 1.56 bits per heavy atom. The van der Waals surface area contributed by atoms with Crippen LogP contribution in [0.5, 0.6) is 0 Å². The molecule has 0 radical (unpaired) electrons. The molecule has 18 heavy (non-hydrogen) atoms. The van der Waals surface area contributed by atoms with Crippen molar-refractivity contribution >= 4 is 13.8 Å². The minimum Gasteiger partial charge on any atom is -0.463 e. The minimum absolute atomic E-state index is 0.0845. The molecule has 2 N–H and O–H groups in total. The van der Waals surface area contributed by atoms with Crippen LogP contribution in [0.3, 0.4) is 0 Å². The predicted molar refractivity (Wildman–Crippen MR) is 66.9 cm³/mol. The lowest BCUT2D eigenvalue weighted by atomic mass is 10.1. The van der Waals surface area contributed by atoms with Gasteiger partial charge in [-0.15, -0.1) is 0 Å². The van der Waals surface area contributed by atoms with E-state index in [1.54, 1.807) is 0 Å². The van der Waals surface area contributed by atoms with Crippen LogP contribution in [0.15, 0.2) is 12.7 Å². The maximum absolute atomic E-state index is 10.7. The van der Waals surface area contributed by atoms with E-state index in [1.807, 2.05) is 0 Å². The monoisotopic (exact) mass is 280 g/mol. The summed E-state index contributed by atoms with van der Waals surface area (Å²) in [5.74, 6) is -0.399. The molecule has 0 aliphatic heterocycles. The number of ether oxygens (including phenoxy) is 1. The minimum atomic E-state index is -4.31. The van der Waals surface area contributed by atoms with Crippen LogP contribution in [0.4, 0.5) is 0 Å². The smallest absolute Gasteiger partial charge is 0.463 e. The third-order valence-corrected chi connectivity index (χ3v) is 2.73. The molecule has 106 valence electrons. The first kappa shape index (κ1) is 17.3. The van der Waals surface area contributed by atoms with E-state index in [4.69, 9.17) is 14.5 Å². The van der Waals surface area contributed by atoms with Gasteiger partial charge in [0.2, 0.25) is 0 Å². The third-order valence-electron chi connectivity index (χ3n) is 2.21. The van der Waals surface area contributed by atoms with Crippen molar-refractivity contribution in [1.82, 2.24) is 0 Å². The number of carbonyl (C=O) groups excluding carboxylic acids is 1. The molecule has 0 aromatic rings. The standard InChI is InChI=1S/C11H21O6P/c1-2-11(12)16-9-7-5-3-4-6-8-10-17-18(13,14)15/h2H,1,3-10H2,(H2,13,14,15). The second-order valence-corrected chi connectivity index (χ2v) is 5.06. The van der Waals surface area contributed by atoms with Crippen molar-refractivity contribution < 1.29 is 28.4 Å². The summed E-state index contributed by atoms with van der Waals surface area (Å²) in [5, 5.41) is 0. The topological polar surface area (TPSA) is 93.1 Å². The molecule has 0 aromatic heterocycles. The molecule has 6 nitrogen and oxygen atoms in total. The number of unbranched alkanes of at least 4 members (excludes halogenated alkanes) is 5. The Morgan fingerprint density at radius 3 is 2.06 bits per heavy atom. The number of carbonyl (C=O) groups is 1. The zero-order valence-electron chi connectivity index (χ0n) is 10.4. The summed E-state index contributed by atoms with van der Waals surface area (Å²) in [7, 11) is -4.31. The Balaban J connectivity index is 3.15. The number of phosphoric ester groups is 1. The van der Waals surface area contributed by atoms with Crippen molar-refractivity contribution in [2.24, 2.45) is 0 Å². The van der Waals surface area contributed by atoms with Crippen molar-refractivity contribution in [2.75, 3.05) is 13.2 Å². The van der Waals surface area contributed by atoms with Crippen molar-refractivity contribution in [3.63, 3.8) is 0 Å². The van der Waals surface area contributed by atoms with Crippen LogP contribution < -0.4 is 0 Å². The first-order valence-corrected chi connectivity index (χ1v) is 7.48. The van der Waals surface area contributed by atoms with Gasteiger partial charge in [-0.2, -0.15) is 0 Å². The van der Waals surface area contributed by atoms with E-state index >= 15 is 0 Å². The first-order chi connectivity index (χ1) is 8.45. The van der Waals surface area contributed by atoms with E-state index in [9.17, 15) is 9.36 Å². The predicted octanol–water partition coefficient (Wildman–Crippen LogP) is 2.17. The van der Waals surface area contributed by atoms with Crippen LogP contribution in [-0.4, -0.2) is 29.0 Å². The molecular weight excluding hydrogens is 259 g/mol. The SMILES string of the molecule is C=CC(=O)OCCCCCCCCOP(=O)(O)O. The van der Waals surface area contributed by atoms with E-state index in [2.05, 4.69) is 11.1 Å². The van der Waals surface area contributed by atoms with Gasteiger partial charge in [0.05, 0.1) is 13.2 Å². The first-order valence-electron chi connectivity index (χ1n) is 5.95. The molecule has 0 unspecified atom stereocenters. The van der Waals surface area contributed by atoms with E-state index in [0.29, 0.717) is 13.0 Å². The average molecular weight is 280 g/mol. The normalized spacial score (nSPS) is 11.2. The van der Waals surface area contributed by atoms with Crippen LogP contribution in [0.25, 0.3) is 0 Å². The lowest BCUT2D eigenvalue weighted by molar-refractivity contribution is -0.137. The van der Waals surface area contributed by atoms with Gasteiger partial charge in [-0.05, 0) is 12.8 Å². The molecule has 0 amide bonds. The molecular formula is C11H21O6P. The fourth-order valence-corrected chi connectivity index (χ4v) is 1.69. The average Bonchev–Trinajstić information content (AvgIpc) is 2.29. The number of phosphoric acid groups is 1. The molecule has 0 heterocycles. The number of esters is 1. The highest BCUT2D eigenvalue weighted by Gasteiger charge is 2.12. The molecule has 0 rings (SSSR count). The Bertz CT molecular complexity index is 285. The number of hydrogen-bond acceptors (Lipinski definition) is 4. The van der Waals surface area contributed by atoms with Gasteiger partial charge in [-0.3, -0.25) is 4.52 Å². The summed E-state index contributed by atoms with van der Waals surface area (Å²) in [6.07, 6.45) is 6.40. The summed E-state index contributed by atoms with van der Waals surface area (Å²) < 4.78 is 19.5. The van der Waals surface area contributed by atoms with Crippen LogP contribution in [0.1, 0.15) is 38.5 Å². The van der Waals surface area contributed by atoms with Crippen LogP contribution >= 0.6 is 7.82 Å². The van der Waals surface area contributed by atoms with Gasteiger partial charge < -0.3 is 14.5 Å². The lowest BCUT2D eigenvalue weighted by Crippen LogP contribution is -2.01. The lowest BCUT2D eigenvalue weighted by Gasteiger charge is -2.05. The zero-order chi connectivity index (χ0) is 13.9. The molecule has 0 aliphatic carbocycles. The number of hydrogen-bond donors (Lipinski definition) is 2. The van der Waals surface area contributed by atoms with E-state index < -0.39 is 13.8 Å².